The summed E-state index contributed by atoms with van der Waals surface area (Å²) in [5.41, 5.74) is 14.0. The molecule has 10 rings (SSSR count). The van der Waals surface area contributed by atoms with Crippen molar-refractivity contribution in [3.8, 4) is 22.3 Å². The van der Waals surface area contributed by atoms with Gasteiger partial charge in [-0.3, -0.25) is 4.99 Å². The molecule has 1 aliphatic heterocycles. The van der Waals surface area contributed by atoms with Gasteiger partial charge in [0.05, 0.1) is 11.1 Å². The van der Waals surface area contributed by atoms with Crippen LogP contribution in [0.25, 0.3) is 49.9 Å². The zero-order valence-electron chi connectivity index (χ0n) is 26.1. The van der Waals surface area contributed by atoms with Gasteiger partial charge in [-0.25, -0.2) is 0 Å². The Bertz CT molecular complexity index is 2660. The molecule has 0 radical (unpaired) electrons. The zero-order valence-corrected chi connectivity index (χ0v) is 26.1. The molecule has 0 fully saturated rings. The van der Waals surface area contributed by atoms with E-state index in [0.29, 0.717) is 0 Å². The lowest BCUT2D eigenvalue weighted by Gasteiger charge is -2.23. The summed E-state index contributed by atoms with van der Waals surface area (Å²) in [6.07, 6.45) is -0.273. The fourth-order valence-electron chi connectivity index (χ4n) is 7.88. The van der Waals surface area contributed by atoms with Crippen LogP contribution in [0.4, 0.5) is 0 Å². The van der Waals surface area contributed by atoms with Crippen molar-refractivity contribution in [2.75, 3.05) is 0 Å². The highest BCUT2D eigenvalue weighted by atomic mass is 16.3. The molecule has 48 heavy (non-hydrogen) atoms. The highest BCUT2D eigenvalue weighted by Gasteiger charge is 2.33. The Morgan fingerprint density at radius 3 is 2.06 bits per heavy atom. The van der Waals surface area contributed by atoms with Gasteiger partial charge in [0, 0.05) is 33.0 Å². The van der Waals surface area contributed by atoms with Gasteiger partial charge in [0.25, 0.3) is 0 Å². The summed E-state index contributed by atoms with van der Waals surface area (Å²) >= 11 is 0. The first kappa shape index (κ1) is 27.0. The van der Waals surface area contributed by atoms with Crippen LogP contribution in [0.5, 0.6) is 0 Å². The van der Waals surface area contributed by atoms with Crippen molar-refractivity contribution in [1.82, 2.24) is 5.32 Å². The second kappa shape index (κ2) is 10.7. The molecule has 0 saturated heterocycles. The number of para-hydroxylation sites is 2. The molecule has 0 saturated carbocycles. The highest BCUT2D eigenvalue weighted by Crippen LogP contribution is 2.51. The lowest BCUT2D eigenvalue weighted by Crippen LogP contribution is -2.39. The van der Waals surface area contributed by atoms with Crippen molar-refractivity contribution < 1.29 is 4.42 Å². The maximum absolute atomic E-state index is 6.88. The number of nitrogens with one attached hydrogen (secondary N) is 1. The zero-order chi connectivity index (χ0) is 31.6. The van der Waals surface area contributed by atoms with Crippen molar-refractivity contribution in [1.29, 1.82) is 0 Å². The number of benzene rings is 7. The summed E-state index contributed by atoms with van der Waals surface area (Å²) in [6, 6.07) is 58.3. The van der Waals surface area contributed by atoms with Gasteiger partial charge in [-0.2, -0.15) is 0 Å². The largest absolute Gasteiger partial charge is 0.456 e. The SMILES string of the molecule is c1ccc(C2=c3ccccc3=NC(c3cccc4oc5c(C6c7ccccc7-c7ccc(-c8ccccc8)cc76)cccc5c34)N2)cc1. The predicted molar refractivity (Wildman–Crippen MR) is 194 cm³/mol. The van der Waals surface area contributed by atoms with Crippen LogP contribution in [-0.4, -0.2) is 0 Å². The molecule has 1 aliphatic carbocycles. The Kier molecular flexibility index (Phi) is 6.00. The maximum atomic E-state index is 6.88. The van der Waals surface area contributed by atoms with Gasteiger partial charge >= 0.3 is 0 Å². The third kappa shape index (κ3) is 4.11. The van der Waals surface area contributed by atoms with Crippen LogP contribution in [-0.2, 0) is 0 Å². The quantitative estimate of drug-likeness (QED) is 0.214. The van der Waals surface area contributed by atoms with Gasteiger partial charge in [0.2, 0.25) is 0 Å². The first-order valence-corrected chi connectivity index (χ1v) is 16.5. The lowest BCUT2D eigenvalue weighted by atomic mass is 9.87. The molecule has 0 spiro atoms. The van der Waals surface area contributed by atoms with E-state index in [-0.39, 0.29) is 12.1 Å². The van der Waals surface area contributed by atoms with Gasteiger partial charge in [0.1, 0.15) is 17.3 Å². The van der Waals surface area contributed by atoms with Crippen LogP contribution < -0.4 is 15.9 Å². The van der Waals surface area contributed by atoms with Crippen molar-refractivity contribution in [2.45, 2.75) is 12.1 Å². The number of furan rings is 1. The van der Waals surface area contributed by atoms with Crippen molar-refractivity contribution in [3.05, 3.63) is 202 Å². The predicted octanol–water partition coefficient (Wildman–Crippen LogP) is 9.49. The maximum Gasteiger partial charge on any atom is 0.146 e. The molecule has 226 valence electrons. The van der Waals surface area contributed by atoms with Gasteiger partial charge in [0.15, 0.2) is 0 Å². The number of nitrogens with zero attached hydrogens (tertiary/aromatic N) is 1. The molecule has 1 aromatic heterocycles. The summed E-state index contributed by atoms with van der Waals surface area (Å²) in [5, 5.41) is 8.13. The highest BCUT2D eigenvalue weighted by molar-refractivity contribution is 6.08. The van der Waals surface area contributed by atoms with Crippen LogP contribution in [0.3, 0.4) is 0 Å². The molecule has 2 aliphatic rings. The monoisotopic (exact) mass is 614 g/mol. The topological polar surface area (TPSA) is 37.5 Å². The molecule has 2 unspecified atom stereocenters. The molecule has 3 nitrogen and oxygen atoms in total. The van der Waals surface area contributed by atoms with E-state index in [4.69, 9.17) is 9.41 Å². The first-order chi connectivity index (χ1) is 23.8. The second-order valence-electron chi connectivity index (χ2n) is 12.7. The van der Waals surface area contributed by atoms with E-state index in [1.54, 1.807) is 0 Å². The second-order valence-corrected chi connectivity index (χ2v) is 12.7. The number of rotatable bonds is 4. The molecule has 2 atom stereocenters. The molecule has 0 amide bonds. The molecule has 8 aromatic rings. The standard InChI is InChI=1S/C45H30N2O/c1-3-13-28(14-4-1)30-25-26-32-31-17-7-8-18-33(31)41(38(32)27-30)35-20-11-21-36-42-37(22-12-24-40(42)48-44(35)36)45-46-39-23-10-9-19-34(39)43(47-45)29-15-5-2-6-16-29/h1-27,41,45,47H. The van der Waals surface area contributed by atoms with Crippen LogP contribution in [0, 0.1) is 0 Å². The average molecular weight is 615 g/mol. The van der Waals surface area contributed by atoms with E-state index in [1.165, 1.54) is 38.9 Å². The molecular formula is C45H30N2O. The summed E-state index contributed by atoms with van der Waals surface area (Å²) in [4.78, 5) is 5.25. The van der Waals surface area contributed by atoms with Crippen molar-refractivity contribution >= 4 is 27.6 Å². The third-order valence-corrected chi connectivity index (χ3v) is 10.0. The van der Waals surface area contributed by atoms with E-state index in [1.807, 2.05) is 0 Å². The Balaban J connectivity index is 1.16. The van der Waals surface area contributed by atoms with E-state index in [9.17, 15) is 0 Å². The Labute approximate surface area is 278 Å². The van der Waals surface area contributed by atoms with Gasteiger partial charge in [-0.15, -0.1) is 0 Å². The number of hydrogen-bond acceptors (Lipinski definition) is 3. The lowest BCUT2D eigenvalue weighted by molar-refractivity contribution is 0.635. The minimum Gasteiger partial charge on any atom is -0.456 e. The summed E-state index contributed by atoms with van der Waals surface area (Å²) < 4.78 is 6.88. The molecule has 7 aromatic carbocycles. The number of fused-ring (bicyclic) bond motifs is 7. The fourth-order valence-corrected chi connectivity index (χ4v) is 7.88. The third-order valence-electron chi connectivity index (χ3n) is 10.0. The van der Waals surface area contributed by atoms with Gasteiger partial charge in [-0.05, 0) is 57.1 Å². The molecular weight excluding hydrogens is 585 g/mol. The molecule has 1 N–H and O–H groups in total. The van der Waals surface area contributed by atoms with E-state index in [0.717, 1.165) is 49.3 Å². The number of hydrogen-bond donors (Lipinski definition) is 1. The summed E-state index contributed by atoms with van der Waals surface area (Å²) in [6.45, 7) is 0. The molecule has 3 heteroatoms. The summed E-state index contributed by atoms with van der Waals surface area (Å²) in [7, 11) is 0. The Morgan fingerprint density at radius 1 is 0.500 bits per heavy atom. The van der Waals surface area contributed by atoms with Crippen LogP contribution in [0.1, 0.15) is 39.9 Å². The average Bonchev–Trinajstić information content (AvgIpc) is 3.71. The minimum atomic E-state index is -0.273. The normalized spacial score (nSPS) is 16.2. The van der Waals surface area contributed by atoms with Crippen LogP contribution in [0.15, 0.2) is 173 Å². The summed E-state index contributed by atoms with van der Waals surface area (Å²) in [5.74, 6) is 0.0509. The molecule has 2 heterocycles. The van der Waals surface area contributed by atoms with E-state index in [2.05, 4.69) is 169 Å². The van der Waals surface area contributed by atoms with Crippen LogP contribution >= 0.6 is 0 Å². The van der Waals surface area contributed by atoms with E-state index >= 15 is 0 Å². The van der Waals surface area contributed by atoms with Gasteiger partial charge < -0.3 is 9.73 Å². The minimum absolute atomic E-state index is 0.0509. The fraction of sp³-hybridized carbons (Fsp3) is 0.0444. The Morgan fingerprint density at radius 2 is 1.19 bits per heavy atom. The van der Waals surface area contributed by atoms with Crippen molar-refractivity contribution in [3.63, 3.8) is 0 Å². The van der Waals surface area contributed by atoms with Crippen LogP contribution in [0.2, 0.25) is 0 Å². The van der Waals surface area contributed by atoms with E-state index < -0.39 is 0 Å². The molecule has 0 bridgehead atoms. The van der Waals surface area contributed by atoms with Crippen molar-refractivity contribution in [2.24, 2.45) is 4.99 Å². The Hall–Kier alpha value is -6.19. The van der Waals surface area contributed by atoms with Gasteiger partial charge in [-0.1, -0.05) is 146 Å². The smallest absolute Gasteiger partial charge is 0.146 e. The first-order valence-electron chi connectivity index (χ1n) is 16.5.